The minimum absolute atomic E-state index is 0.199. The van der Waals surface area contributed by atoms with E-state index in [4.69, 9.17) is 11.1 Å². The molecule has 3 rings (SSSR count). The zero-order chi connectivity index (χ0) is 13.7. The molecule has 19 heavy (non-hydrogen) atoms. The van der Waals surface area contributed by atoms with E-state index in [1.807, 2.05) is 6.92 Å². The van der Waals surface area contributed by atoms with Crippen molar-refractivity contribution >= 4 is 17.3 Å². The van der Waals surface area contributed by atoms with E-state index in [-0.39, 0.29) is 6.04 Å². The molecule has 2 aliphatic heterocycles. The monoisotopic (exact) mass is 257 g/mol. The fraction of sp³-hybridized carbons (Fsp3) is 0.500. The van der Waals surface area contributed by atoms with Crippen LogP contribution in [0, 0.1) is 18.3 Å². The van der Waals surface area contributed by atoms with Crippen molar-refractivity contribution in [2.45, 2.75) is 32.7 Å². The van der Waals surface area contributed by atoms with Gasteiger partial charge >= 0.3 is 0 Å². The van der Waals surface area contributed by atoms with Crippen molar-refractivity contribution in [2.24, 2.45) is 5.92 Å². The third-order valence-corrected chi connectivity index (χ3v) is 4.09. The third-order valence-electron chi connectivity index (χ3n) is 4.09. The molecule has 100 valence electrons. The lowest BCUT2D eigenvalue weighted by Gasteiger charge is -2.44. The normalized spacial score (nSPS) is 26.1. The van der Waals surface area contributed by atoms with Crippen LogP contribution in [0.4, 0.5) is 11.6 Å². The second-order valence-corrected chi connectivity index (χ2v) is 5.61. The third kappa shape index (κ3) is 1.72. The van der Waals surface area contributed by atoms with Gasteiger partial charge in [-0.15, -0.1) is 0 Å². The van der Waals surface area contributed by atoms with Crippen molar-refractivity contribution in [3.8, 4) is 0 Å². The van der Waals surface area contributed by atoms with Crippen LogP contribution in [0.3, 0.4) is 0 Å². The minimum atomic E-state index is 0.199. The molecule has 0 spiro atoms. The van der Waals surface area contributed by atoms with E-state index < -0.39 is 0 Å². The first-order valence-electron chi connectivity index (χ1n) is 6.68. The van der Waals surface area contributed by atoms with Crippen molar-refractivity contribution in [1.29, 1.82) is 5.41 Å². The number of nitrogens with one attached hydrogen (secondary N) is 1. The number of fused-ring (bicyclic) bond motifs is 3. The molecule has 2 aliphatic rings. The first kappa shape index (κ1) is 12.1. The molecule has 3 heterocycles. The summed E-state index contributed by atoms with van der Waals surface area (Å²) in [6.45, 7) is 9.12. The predicted molar refractivity (Wildman–Crippen MR) is 76.7 cm³/mol. The number of hydrogen-bond donors (Lipinski definition) is 2. The molecule has 0 aromatic carbocycles. The van der Waals surface area contributed by atoms with E-state index in [1.165, 1.54) is 6.42 Å². The Bertz CT molecular complexity index is 577. The highest BCUT2D eigenvalue weighted by Crippen LogP contribution is 2.39. The Kier molecular flexibility index (Phi) is 2.59. The maximum absolute atomic E-state index is 8.27. The molecule has 1 aromatic rings. The summed E-state index contributed by atoms with van der Waals surface area (Å²) in [6, 6.07) is 0.199. The molecule has 3 N–H and O–H groups in total. The smallest absolute Gasteiger partial charge is 0.144 e. The largest absolute Gasteiger partial charge is 0.383 e. The van der Waals surface area contributed by atoms with Crippen LogP contribution in [0.5, 0.6) is 0 Å². The minimum Gasteiger partial charge on any atom is -0.383 e. The van der Waals surface area contributed by atoms with Crippen LogP contribution in [0.1, 0.15) is 31.2 Å². The summed E-state index contributed by atoms with van der Waals surface area (Å²) in [7, 11) is 0. The van der Waals surface area contributed by atoms with Crippen molar-refractivity contribution < 1.29 is 0 Å². The van der Waals surface area contributed by atoms with E-state index in [9.17, 15) is 0 Å². The quantitative estimate of drug-likeness (QED) is 0.744. The Balaban J connectivity index is 2.19. The second kappa shape index (κ2) is 4.05. The summed E-state index contributed by atoms with van der Waals surface area (Å²) in [4.78, 5) is 11.0. The van der Waals surface area contributed by atoms with E-state index >= 15 is 0 Å². The number of anilines is 2. The van der Waals surface area contributed by atoms with Crippen LogP contribution in [-0.4, -0.2) is 28.3 Å². The van der Waals surface area contributed by atoms with Gasteiger partial charge in [0.2, 0.25) is 0 Å². The molecule has 0 amide bonds. The molecular weight excluding hydrogens is 238 g/mol. The highest BCUT2D eigenvalue weighted by Gasteiger charge is 2.38. The lowest BCUT2D eigenvalue weighted by molar-refractivity contribution is 0.400. The second-order valence-electron chi connectivity index (χ2n) is 5.61. The van der Waals surface area contributed by atoms with Crippen LogP contribution >= 0.6 is 0 Å². The first-order valence-corrected chi connectivity index (χ1v) is 6.68. The Morgan fingerprint density at radius 2 is 2.11 bits per heavy atom. The van der Waals surface area contributed by atoms with Crippen molar-refractivity contribution in [3.63, 3.8) is 0 Å². The van der Waals surface area contributed by atoms with Crippen LogP contribution in [-0.2, 0) is 0 Å². The highest BCUT2D eigenvalue weighted by atomic mass is 15.2. The molecule has 0 aliphatic carbocycles. The summed E-state index contributed by atoms with van der Waals surface area (Å²) in [6.07, 6.45) is 2.20. The van der Waals surface area contributed by atoms with Gasteiger partial charge in [-0.2, -0.15) is 0 Å². The average molecular weight is 257 g/mol. The lowest BCUT2D eigenvalue weighted by Crippen LogP contribution is -2.49. The van der Waals surface area contributed by atoms with Gasteiger partial charge in [0.15, 0.2) is 0 Å². The summed E-state index contributed by atoms with van der Waals surface area (Å²) in [5.74, 6) is 2.50. The Labute approximate surface area is 113 Å². The van der Waals surface area contributed by atoms with E-state index in [2.05, 4.69) is 28.4 Å². The maximum atomic E-state index is 8.27. The van der Waals surface area contributed by atoms with Gasteiger partial charge in [-0.3, -0.25) is 5.41 Å². The molecule has 2 unspecified atom stereocenters. The number of aryl methyl sites for hydroxylation is 1. The Morgan fingerprint density at radius 3 is 2.84 bits per heavy atom. The zero-order valence-electron chi connectivity index (χ0n) is 11.4. The fourth-order valence-electron chi connectivity index (χ4n) is 3.10. The Hall–Kier alpha value is -1.91. The summed E-state index contributed by atoms with van der Waals surface area (Å²) >= 11 is 0. The standard InChI is InChI=1S/C14H19N5/c1-7-4-5-10-8(2)12(15)11-13(16)17-9(3)18-14(11)19(10)6-7/h7,10,15H,2,4-6H2,1,3H3,(H2,16,17,18). The van der Waals surface area contributed by atoms with Gasteiger partial charge in [0.05, 0.1) is 17.3 Å². The Morgan fingerprint density at radius 1 is 1.37 bits per heavy atom. The molecule has 1 aromatic heterocycles. The van der Waals surface area contributed by atoms with E-state index in [1.54, 1.807) is 0 Å². The molecule has 0 bridgehead atoms. The molecule has 5 nitrogen and oxygen atoms in total. The summed E-state index contributed by atoms with van der Waals surface area (Å²) in [5, 5.41) is 8.27. The highest BCUT2D eigenvalue weighted by molar-refractivity contribution is 6.18. The van der Waals surface area contributed by atoms with Gasteiger partial charge < -0.3 is 10.6 Å². The molecule has 2 atom stereocenters. The fourth-order valence-corrected chi connectivity index (χ4v) is 3.10. The van der Waals surface area contributed by atoms with Gasteiger partial charge in [-0.25, -0.2) is 9.97 Å². The number of nitrogen functional groups attached to an aromatic ring is 1. The average Bonchev–Trinajstić information content (AvgIpc) is 2.35. The summed E-state index contributed by atoms with van der Waals surface area (Å²) in [5.41, 5.74) is 7.90. The molecule has 0 saturated carbocycles. The van der Waals surface area contributed by atoms with Gasteiger partial charge in [-0.1, -0.05) is 13.5 Å². The molecule has 1 fully saturated rings. The van der Waals surface area contributed by atoms with Crippen LogP contribution in [0.2, 0.25) is 0 Å². The number of piperidine rings is 1. The number of hydrogen-bond acceptors (Lipinski definition) is 5. The van der Waals surface area contributed by atoms with Gasteiger partial charge in [0.1, 0.15) is 17.5 Å². The van der Waals surface area contributed by atoms with E-state index in [0.29, 0.717) is 28.8 Å². The first-order chi connectivity index (χ1) is 8.99. The number of nitrogens with zero attached hydrogens (tertiary/aromatic N) is 3. The van der Waals surface area contributed by atoms with E-state index in [0.717, 1.165) is 24.4 Å². The molecule has 1 saturated heterocycles. The lowest BCUT2D eigenvalue weighted by atomic mass is 9.83. The van der Waals surface area contributed by atoms with Gasteiger partial charge in [0.25, 0.3) is 0 Å². The summed E-state index contributed by atoms with van der Waals surface area (Å²) < 4.78 is 0. The topological polar surface area (TPSA) is 78.9 Å². The zero-order valence-corrected chi connectivity index (χ0v) is 11.4. The van der Waals surface area contributed by atoms with Crippen LogP contribution in [0.25, 0.3) is 0 Å². The van der Waals surface area contributed by atoms with Gasteiger partial charge in [-0.05, 0) is 31.3 Å². The molecular formula is C14H19N5. The van der Waals surface area contributed by atoms with Crippen molar-refractivity contribution in [2.75, 3.05) is 17.2 Å². The van der Waals surface area contributed by atoms with Crippen molar-refractivity contribution in [1.82, 2.24) is 9.97 Å². The maximum Gasteiger partial charge on any atom is 0.144 e. The predicted octanol–water partition coefficient (Wildman–Crippen LogP) is 1.91. The SMILES string of the molecule is C=C1C(=N)c2c(N)nc(C)nc2N2CC(C)CCC12. The molecule has 5 heteroatoms. The molecule has 0 radical (unpaired) electrons. The van der Waals surface area contributed by atoms with Crippen molar-refractivity contribution in [3.05, 3.63) is 23.5 Å². The van der Waals surface area contributed by atoms with Crippen LogP contribution < -0.4 is 10.6 Å². The van der Waals surface area contributed by atoms with Crippen LogP contribution in [0.15, 0.2) is 12.2 Å². The number of rotatable bonds is 0. The number of nitrogens with two attached hydrogens (primary N) is 1. The van der Waals surface area contributed by atoms with Gasteiger partial charge in [0, 0.05) is 6.54 Å². The number of aromatic nitrogens is 2.